The molecule has 0 bridgehead atoms. The highest BCUT2D eigenvalue weighted by molar-refractivity contribution is 7.13. The molecule has 6 rings (SSSR count). The number of nitrogens with zero attached hydrogens (tertiary/aromatic N) is 5. The Labute approximate surface area is 420 Å². The average Bonchev–Trinajstić information content (AvgIpc) is 3.94. The van der Waals surface area contributed by atoms with Crippen LogP contribution in [0.5, 0.6) is 5.75 Å². The second-order valence-corrected chi connectivity index (χ2v) is 22.2. The van der Waals surface area contributed by atoms with Crippen LogP contribution in [0.4, 0.5) is 0 Å². The Bertz CT molecular complexity index is 2570. The lowest BCUT2D eigenvalue weighted by atomic mass is 9.49. The van der Waals surface area contributed by atoms with Crippen LogP contribution in [0.3, 0.4) is 0 Å². The fourth-order valence-corrected chi connectivity index (χ4v) is 11.1. The number of rotatable bonds is 19. The number of carbonyl (C=O) groups is 4. The van der Waals surface area contributed by atoms with E-state index in [0.29, 0.717) is 66.3 Å². The average molecular weight is 996 g/mol. The number of thiazole rings is 1. The number of amides is 4. The number of halogens is 1. The number of aromatic nitrogens is 2. The quantitative estimate of drug-likeness (QED) is 0.0260. The van der Waals surface area contributed by atoms with Crippen molar-refractivity contribution in [2.75, 3.05) is 6.54 Å². The van der Waals surface area contributed by atoms with Gasteiger partial charge in [0.15, 0.2) is 0 Å². The van der Waals surface area contributed by atoms with Crippen LogP contribution >= 0.6 is 22.9 Å². The van der Waals surface area contributed by atoms with Crippen LogP contribution < -0.4 is 20.7 Å². The van der Waals surface area contributed by atoms with Gasteiger partial charge in [0.25, 0.3) is 5.91 Å². The van der Waals surface area contributed by atoms with Crippen LogP contribution in [-0.4, -0.2) is 91.4 Å². The molecule has 4 amide bonds. The molecular formula is C53H67ClN8O7S. The van der Waals surface area contributed by atoms with Crippen molar-refractivity contribution in [2.24, 2.45) is 21.4 Å². The Morgan fingerprint density at radius 3 is 2.27 bits per heavy atom. The van der Waals surface area contributed by atoms with E-state index in [1.807, 2.05) is 98.2 Å². The number of hydrogen-bond donors (Lipinski definition) is 5. The van der Waals surface area contributed by atoms with Crippen molar-refractivity contribution in [1.82, 2.24) is 30.8 Å². The molecule has 15 nitrogen and oxygen atoms in total. The molecule has 0 unspecified atom stereocenters. The third kappa shape index (κ3) is 12.5. The molecule has 70 heavy (non-hydrogen) atoms. The largest absolute Gasteiger partial charge is 0.489 e. The molecule has 4 aromatic rings. The van der Waals surface area contributed by atoms with Crippen LogP contribution in [0.15, 0.2) is 71.5 Å². The molecule has 2 fully saturated rings. The van der Waals surface area contributed by atoms with Crippen molar-refractivity contribution >= 4 is 52.3 Å². The van der Waals surface area contributed by atoms with Gasteiger partial charge in [0.1, 0.15) is 35.7 Å². The summed E-state index contributed by atoms with van der Waals surface area (Å²) in [6.07, 6.45) is 4.23. The summed E-state index contributed by atoms with van der Waals surface area (Å²) >= 11 is 7.81. The summed E-state index contributed by atoms with van der Waals surface area (Å²) in [4.78, 5) is 65.8. The lowest BCUT2D eigenvalue weighted by molar-refractivity contribution is -0.164. The number of likely N-dealkylation sites (tertiary alicyclic amines) is 1. The molecule has 0 spiro atoms. The number of oxime groups is 1. The lowest BCUT2D eigenvalue weighted by Crippen LogP contribution is -2.74. The van der Waals surface area contributed by atoms with Crippen molar-refractivity contribution in [2.45, 2.75) is 150 Å². The summed E-state index contributed by atoms with van der Waals surface area (Å²) in [7, 11) is 0. The Morgan fingerprint density at radius 1 is 0.986 bits per heavy atom. The Kier molecular flexibility index (Phi) is 17.2. The monoisotopic (exact) mass is 994 g/mol. The van der Waals surface area contributed by atoms with Crippen LogP contribution in [0.1, 0.15) is 139 Å². The summed E-state index contributed by atoms with van der Waals surface area (Å²) in [5.41, 5.74) is 5.39. The summed E-state index contributed by atoms with van der Waals surface area (Å²) in [6, 6.07) is 16.1. The number of hydrogen-bond acceptors (Lipinski definition) is 12. The molecule has 374 valence electrons. The summed E-state index contributed by atoms with van der Waals surface area (Å²) in [6.45, 7) is 17.5. The minimum absolute atomic E-state index is 0.0190. The maximum absolute atomic E-state index is 14.1. The number of nitrogens with one attached hydrogen (secondary N) is 3. The molecular weight excluding hydrogens is 928 g/mol. The van der Waals surface area contributed by atoms with Crippen molar-refractivity contribution in [1.29, 1.82) is 5.26 Å². The molecule has 2 aliphatic rings. The molecule has 0 radical (unpaired) electrons. The van der Waals surface area contributed by atoms with Gasteiger partial charge in [-0.1, -0.05) is 95.6 Å². The number of ether oxygens (including phenoxy) is 1. The van der Waals surface area contributed by atoms with Crippen LogP contribution in [0.2, 0.25) is 5.02 Å². The highest BCUT2D eigenvalue weighted by Gasteiger charge is 2.64. The first-order chi connectivity index (χ1) is 33.0. The van der Waals surface area contributed by atoms with Gasteiger partial charge in [-0.05, 0) is 92.7 Å². The molecule has 1 aliphatic carbocycles. The zero-order valence-electron chi connectivity index (χ0n) is 41.6. The number of nitriles is 1. The summed E-state index contributed by atoms with van der Waals surface area (Å²) in [5, 5.41) is 42.6. The normalized spacial score (nSPS) is 20.4. The van der Waals surface area contributed by atoms with Gasteiger partial charge in [0, 0.05) is 48.5 Å². The second kappa shape index (κ2) is 22.5. The first kappa shape index (κ1) is 53.5. The second-order valence-electron chi connectivity index (χ2n) is 21.0. The SMILES string of the molecule is Cc1ncsc1-c1ccc([C@H](C)NC(=O)[C@@H]2C[C@@H](O)CN2C(=O)[C@@H](NC(=O)CCCC/C(CCCc2ccc(C(=O)N[C@H]3C(C)(C)[C@H](Oc4ccc(C#N)c(Cl)c4)C3(C)C)nc2)=N\O)C(C)(C)C)cc1. The number of aryl methyl sites for hydroxylation is 2. The first-order valence-electron chi connectivity index (χ1n) is 24.0. The van der Waals surface area contributed by atoms with E-state index in [2.05, 4.69) is 37.1 Å². The highest BCUT2D eigenvalue weighted by Crippen LogP contribution is 2.55. The molecule has 2 aromatic carbocycles. The molecule has 17 heteroatoms. The number of benzene rings is 2. The third-order valence-electron chi connectivity index (χ3n) is 13.7. The fraction of sp³-hybridized carbons (Fsp3) is 0.509. The maximum Gasteiger partial charge on any atom is 0.270 e. The fourth-order valence-electron chi connectivity index (χ4n) is 10.1. The Hall–Kier alpha value is -5.89. The maximum atomic E-state index is 14.1. The van der Waals surface area contributed by atoms with Gasteiger partial charge in [-0.2, -0.15) is 5.26 Å². The van der Waals surface area contributed by atoms with Gasteiger partial charge in [-0.15, -0.1) is 11.3 Å². The minimum Gasteiger partial charge on any atom is -0.489 e. The van der Waals surface area contributed by atoms with E-state index in [4.69, 9.17) is 16.3 Å². The van der Waals surface area contributed by atoms with E-state index >= 15 is 0 Å². The highest BCUT2D eigenvalue weighted by atomic mass is 35.5. The first-order valence-corrected chi connectivity index (χ1v) is 25.2. The molecule has 3 heterocycles. The van der Waals surface area contributed by atoms with E-state index in [-0.39, 0.29) is 55.3 Å². The number of aliphatic hydroxyl groups is 1. The van der Waals surface area contributed by atoms with Gasteiger partial charge in [-0.25, -0.2) is 4.98 Å². The molecule has 1 saturated carbocycles. The Morgan fingerprint density at radius 2 is 1.67 bits per heavy atom. The van der Waals surface area contributed by atoms with Gasteiger partial charge >= 0.3 is 0 Å². The third-order valence-corrected chi connectivity index (χ3v) is 15.0. The smallest absolute Gasteiger partial charge is 0.270 e. The van der Waals surface area contributed by atoms with Crippen LogP contribution in [0, 0.1) is 34.5 Å². The van der Waals surface area contributed by atoms with Crippen molar-refractivity contribution in [3.63, 3.8) is 0 Å². The number of carbonyl (C=O) groups excluding carboxylic acids is 4. The summed E-state index contributed by atoms with van der Waals surface area (Å²) < 4.78 is 6.35. The van der Waals surface area contributed by atoms with Crippen LogP contribution in [0.25, 0.3) is 10.4 Å². The van der Waals surface area contributed by atoms with Crippen molar-refractivity contribution in [3.05, 3.63) is 99.4 Å². The molecule has 5 N–H and O–H groups in total. The lowest BCUT2D eigenvalue weighted by Gasteiger charge is -2.63. The predicted molar refractivity (Wildman–Crippen MR) is 271 cm³/mol. The number of β-amino-alcohol motifs (C(OH)–C–C–N with tert-alkyl or cyclic N) is 1. The van der Waals surface area contributed by atoms with E-state index < -0.39 is 40.3 Å². The van der Waals surface area contributed by atoms with E-state index in [9.17, 15) is 34.8 Å². The standard InChI is InChI=1S/C53H67ClN8O7S/c1-31(34-18-20-35(21-19-34)44-32(2)57-30-70-44)58-47(66)42-25-38(63)29-62(42)48(67)45(51(3,4)5)59-43(64)16-11-10-14-37(61-68)15-12-13-33-17-24-41(56-28-33)46(65)60-49-52(6,7)50(53(49,8)9)69-39-23-22-36(27-55)40(54)26-39/h17-24,26,28,30-31,38,42,45,49-50,63,68H,10-16,25,29H2,1-9H3,(H,58,66)(H,59,64)(H,60,65)/b61-37+/t31-,38+,42-,45+,49-,50-/m0/s1. The molecule has 1 aliphatic heterocycles. The summed E-state index contributed by atoms with van der Waals surface area (Å²) in [5.74, 6) is -0.831. The molecule has 4 atom stereocenters. The molecule has 1 saturated heterocycles. The zero-order valence-corrected chi connectivity index (χ0v) is 43.2. The van der Waals surface area contributed by atoms with Gasteiger partial charge in [0.05, 0.1) is 44.5 Å². The van der Waals surface area contributed by atoms with E-state index in [1.165, 1.54) is 4.90 Å². The number of unbranched alkanes of at least 4 members (excludes halogenated alkanes) is 1. The topological polar surface area (TPSA) is 219 Å². The van der Waals surface area contributed by atoms with Gasteiger partial charge in [0.2, 0.25) is 17.7 Å². The van der Waals surface area contributed by atoms with Gasteiger partial charge < -0.3 is 35.9 Å². The van der Waals surface area contributed by atoms with Gasteiger partial charge in [-0.3, -0.25) is 24.2 Å². The van der Waals surface area contributed by atoms with Crippen molar-refractivity contribution < 1.29 is 34.2 Å². The Balaban J connectivity index is 0.920. The predicted octanol–water partition coefficient (Wildman–Crippen LogP) is 8.73. The van der Waals surface area contributed by atoms with Crippen molar-refractivity contribution in [3.8, 4) is 22.3 Å². The minimum atomic E-state index is -0.939. The zero-order chi connectivity index (χ0) is 51.1. The van der Waals surface area contributed by atoms with E-state index in [1.54, 1.807) is 41.8 Å². The number of pyridine rings is 1. The van der Waals surface area contributed by atoms with E-state index in [0.717, 1.165) is 27.3 Å². The molecule has 2 aromatic heterocycles. The van der Waals surface area contributed by atoms with Crippen LogP contribution in [-0.2, 0) is 20.8 Å². The number of aliphatic hydroxyl groups excluding tert-OH is 1.